The summed E-state index contributed by atoms with van der Waals surface area (Å²) in [7, 11) is 0. The Morgan fingerprint density at radius 2 is 1.78 bits per heavy atom. The Morgan fingerprint density at radius 1 is 1.05 bits per heavy atom. The Balaban J connectivity index is 1.43. The van der Waals surface area contributed by atoms with Crippen molar-refractivity contribution in [3.63, 3.8) is 0 Å². The molecule has 4 aromatic rings. The fraction of sp³-hybridized carbons (Fsp3) is 0.318. The molecule has 37 heavy (non-hydrogen) atoms. The molecule has 2 atom stereocenters. The van der Waals surface area contributed by atoms with Crippen LogP contribution in [0.25, 0.3) is 27.9 Å². The zero-order valence-electron chi connectivity index (χ0n) is 18.7. The van der Waals surface area contributed by atoms with Crippen LogP contribution in [-0.4, -0.2) is 82.4 Å². The average molecular weight is 521 g/mol. The molecule has 2 bridgehead atoms. The van der Waals surface area contributed by atoms with Gasteiger partial charge in [0.2, 0.25) is 0 Å². The van der Waals surface area contributed by atoms with Crippen molar-refractivity contribution >= 4 is 28.6 Å². The van der Waals surface area contributed by atoms with Crippen molar-refractivity contribution in [1.82, 2.24) is 33.9 Å². The molecule has 1 N–H and O–H groups in total. The number of rotatable bonds is 3. The van der Waals surface area contributed by atoms with Gasteiger partial charge in [-0.25, -0.2) is 18.6 Å². The van der Waals surface area contributed by atoms with E-state index in [1.54, 1.807) is 0 Å². The minimum absolute atomic E-state index is 0.0332. The molecule has 0 spiro atoms. The first-order chi connectivity index (χ1) is 17.5. The first-order valence-electron chi connectivity index (χ1n) is 11.1. The number of carboxylic acid groups (broad SMARTS) is 1. The van der Waals surface area contributed by atoms with Crippen molar-refractivity contribution < 1.29 is 36.6 Å². The second-order valence-corrected chi connectivity index (χ2v) is 8.99. The van der Waals surface area contributed by atoms with Crippen LogP contribution in [0.15, 0.2) is 30.7 Å². The van der Waals surface area contributed by atoms with Crippen LogP contribution in [0.5, 0.6) is 0 Å². The highest BCUT2D eigenvalue weighted by atomic mass is 19.4. The van der Waals surface area contributed by atoms with Crippen LogP contribution in [0.3, 0.4) is 0 Å². The number of hydrogen-bond donors (Lipinski definition) is 1. The Bertz CT molecular complexity index is 1600. The number of aromatic nitrogens is 5. The molecule has 2 amide bonds. The van der Waals surface area contributed by atoms with Crippen LogP contribution in [0.2, 0.25) is 0 Å². The minimum Gasteiger partial charge on any atom is -0.465 e. The second-order valence-electron chi connectivity index (χ2n) is 8.99. The van der Waals surface area contributed by atoms with Gasteiger partial charge in [-0.2, -0.15) is 18.3 Å². The third-order valence-corrected chi connectivity index (χ3v) is 6.70. The number of carbonyl (C=O) groups excluding carboxylic acids is 1. The molecule has 2 aliphatic heterocycles. The fourth-order valence-corrected chi connectivity index (χ4v) is 5.15. The van der Waals surface area contributed by atoms with E-state index in [2.05, 4.69) is 15.1 Å². The normalized spacial score (nSPS) is 19.5. The molecule has 6 rings (SSSR count). The standard InChI is InChI=1S/C22H16F5N7O3/c23-10-1-14(24)19-29-5-17(33(19)6-10)18-13-4-28-15(3-16(13)34(30-18)9-22(25,26)27)20(35)31-7-12-2-11(31)8-32(12)21(36)37/h1,3-6,11-12H,2,7-9H2,(H,36,37). The van der Waals surface area contributed by atoms with E-state index < -0.39 is 36.4 Å². The smallest absolute Gasteiger partial charge is 0.408 e. The lowest BCUT2D eigenvalue weighted by Gasteiger charge is -2.32. The van der Waals surface area contributed by atoms with Crippen LogP contribution in [0.1, 0.15) is 16.9 Å². The SMILES string of the molecule is O=C(O)N1CC2CC1CN2C(=O)c1cc2c(cn1)c(-c1cnc3c(F)cc(F)cn13)nn2CC(F)(F)F. The Kier molecular flexibility index (Phi) is 4.90. The number of piperazine rings is 1. The molecule has 2 unspecified atom stereocenters. The van der Waals surface area contributed by atoms with Crippen molar-refractivity contribution in [2.45, 2.75) is 31.2 Å². The average Bonchev–Trinajstić information content (AvgIpc) is 3.59. The van der Waals surface area contributed by atoms with Gasteiger partial charge >= 0.3 is 12.3 Å². The summed E-state index contributed by atoms with van der Waals surface area (Å²) >= 11 is 0. The quantitative estimate of drug-likeness (QED) is 0.415. The number of pyridine rings is 2. The maximum absolute atomic E-state index is 14.2. The first-order valence-corrected chi connectivity index (χ1v) is 11.1. The van der Waals surface area contributed by atoms with Gasteiger partial charge in [0.15, 0.2) is 11.5 Å². The number of nitrogens with zero attached hydrogens (tertiary/aromatic N) is 7. The predicted octanol–water partition coefficient (Wildman–Crippen LogP) is 3.16. The Morgan fingerprint density at radius 3 is 2.46 bits per heavy atom. The molecule has 10 nitrogen and oxygen atoms in total. The van der Waals surface area contributed by atoms with Gasteiger partial charge in [-0.3, -0.25) is 18.9 Å². The number of likely N-dealkylation sites (tertiary alicyclic amines) is 2. The van der Waals surface area contributed by atoms with Crippen molar-refractivity contribution in [3.05, 3.63) is 48.1 Å². The molecule has 0 aliphatic carbocycles. The maximum atomic E-state index is 14.2. The summed E-state index contributed by atoms with van der Waals surface area (Å²) < 4.78 is 69.8. The predicted molar refractivity (Wildman–Crippen MR) is 116 cm³/mol. The van der Waals surface area contributed by atoms with E-state index in [1.165, 1.54) is 22.1 Å². The number of fused-ring (bicyclic) bond motifs is 4. The lowest BCUT2D eigenvalue weighted by Crippen LogP contribution is -2.50. The number of amides is 2. The van der Waals surface area contributed by atoms with E-state index in [9.17, 15) is 36.6 Å². The molecular formula is C22H16F5N7O3. The molecule has 2 fully saturated rings. The molecule has 192 valence electrons. The molecule has 0 radical (unpaired) electrons. The van der Waals surface area contributed by atoms with Crippen molar-refractivity contribution in [2.75, 3.05) is 13.1 Å². The zero-order chi connectivity index (χ0) is 26.2. The van der Waals surface area contributed by atoms with Gasteiger partial charge in [-0.15, -0.1) is 0 Å². The lowest BCUT2D eigenvalue weighted by molar-refractivity contribution is -0.141. The summed E-state index contributed by atoms with van der Waals surface area (Å²) in [6.45, 7) is -1.18. The summed E-state index contributed by atoms with van der Waals surface area (Å²) in [6, 6.07) is 1.11. The van der Waals surface area contributed by atoms with Crippen LogP contribution < -0.4 is 0 Å². The molecule has 15 heteroatoms. The minimum atomic E-state index is -4.66. The number of halogens is 5. The Labute approximate surface area is 203 Å². The molecular weight excluding hydrogens is 505 g/mol. The summed E-state index contributed by atoms with van der Waals surface area (Å²) in [5.41, 5.74) is -0.457. The van der Waals surface area contributed by atoms with E-state index in [0.717, 1.165) is 16.8 Å². The molecule has 2 aliphatic rings. The molecule has 0 saturated carbocycles. The van der Waals surface area contributed by atoms with Crippen molar-refractivity contribution in [3.8, 4) is 11.4 Å². The van der Waals surface area contributed by atoms with Crippen LogP contribution in [0.4, 0.5) is 26.7 Å². The van der Waals surface area contributed by atoms with E-state index in [1.807, 2.05) is 0 Å². The third-order valence-electron chi connectivity index (χ3n) is 6.70. The summed E-state index contributed by atoms with van der Waals surface area (Å²) in [6.07, 6.45) is -1.98. The van der Waals surface area contributed by atoms with Gasteiger partial charge in [-0.05, 0) is 12.5 Å². The van der Waals surface area contributed by atoms with Gasteiger partial charge in [-0.1, -0.05) is 0 Å². The Hall–Kier alpha value is -4.30. The number of hydrogen-bond acceptors (Lipinski definition) is 5. The van der Waals surface area contributed by atoms with Gasteiger partial charge in [0, 0.05) is 36.9 Å². The molecule has 4 aromatic heterocycles. The second kappa shape index (κ2) is 7.85. The highest BCUT2D eigenvalue weighted by molar-refractivity contribution is 5.99. The summed E-state index contributed by atoms with van der Waals surface area (Å²) in [5, 5.41) is 13.4. The van der Waals surface area contributed by atoms with E-state index in [4.69, 9.17) is 0 Å². The van der Waals surface area contributed by atoms with Gasteiger partial charge in [0.1, 0.15) is 23.7 Å². The summed E-state index contributed by atoms with van der Waals surface area (Å²) in [5.74, 6) is -2.42. The van der Waals surface area contributed by atoms with Gasteiger partial charge < -0.3 is 14.9 Å². The summed E-state index contributed by atoms with van der Waals surface area (Å²) in [4.78, 5) is 35.3. The van der Waals surface area contributed by atoms with Crippen molar-refractivity contribution in [2.24, 2.45) is 0 Å². The van der Waals surface area contributed by atoms with Crippen molar-refractivity contribution in [1.29, 1.82) is 0 Å². The topological polar surface area (TPSA) is 109 Å². The number of carbonyl (C=O) groups is 2. The third kappa shape index (κ3) is 3.72. The fourth-order valence-electron chi connectivity index (χ4n) is 5.15. The first kappa shape index (κ1) is 23.1. The van der Waals surface area contributed by atoms with E-state index in [-0.39, 0.29) is 58.8 Å². The molecule has 0 aromatic carbocycles. The van der Waals surface area contributed by atoms with Gasteiger partial charge in [0.05, 0.1) is 29.5 Å². The van der Waals surface area contributed by atoms with E-state index >= 15 is 0 Å². The highest BCUT2D eigenvalue weighted by Crippen LogP contribution is 2.34. The van der Waals surface area contributed by atoms with Crippen LogP contribution in [0, 0.1) is 11.6 Å². The van der Waals surface area contributed by atoms with E-state index in [0.29, 0.717) is 17.2 Å². The van der Waals surface area contributed by atoms with Crippen LogP contribution >= 0.6 is 0 Å². The lowest BCUT2D eigenvalue weighted by atomic mass is 10.2. The van der Waals surface area contributed by atoms with Crippen LogP contribution in [-0.2, 0) is 6.54 Å². The highest BCUT2D eigenvalue weighted by Gasteiger charge is 2.47. The monoisotopic (exact) mass is 521 g/mol. The number of alkyl halides is 3. The van der Waals surface area contributed by atoms with Gasteiger partial charge in [0.25, 0.3) is 5.91 Å². The number of imidazole rings is 1. The molecule has 6 heterocycles. The zero-order valence-corrected chi connectivity index (χ0v) is 18.7. The largest absolute Gasteiger partial charge is 0.465 e. The molecule has 2 saturated heterocycles. The maximum Gasteiger partial charge on any atom is 0.408 e.